The van der Waals surface area contributed by atoms with Gasteiger partial charge in [-0.1, -0.05) is 13.0 Å². The summed E-state index contributed by atoms with van der Waals surface area (Å²) in [6.07, 6.45) is 4.40. The maximum Gasteiger partial charge on any atom is 0.0573 e. The Morgan fingerprint density at radius 2 is 2.31 bits per heavy atom. The summed E-state index contributed by atoms with van der Waals surface area (Å²) in [4.78, 5) is 4.36. The van der Waals surface area contributed by atoms with Gasteiger partial charge in [0.15, 0.2) is 0 Å². The molecule has 0 amide bonds. The van der Waals surface area contributed by atoms with E-state index in [1.807, 2.05) is 12.3 Å². The fraction of sp³-hybridized carbons (Fsp3) is 0.545. The van der Waals surface area contributed by atoms with E-state index in [1.165, 1.54) is 18.5 Å². The SMILES string of the molecule is CC1CCC(c2ccccn2)NC1. The lowest BCUT2D eigenvalue weighted by Gasteiger charge is -2.27. The molecule has 0 aliphatic carbocycles. The van der Waals surface area contributed by atoms with Crippen molar-refractivity contribution in [2.75, 3.05) is 6.54 Å². The highest BCUT2D eigenvalue weighted by molar-refractivity contribution is 5.09. The van der Waals surface area contributed by atoms with E-state index >= 15 is 0 Å². The number of aromatic nitrogens is 1. The molecule has 0 spiro atoms. The second kappa shape index (κ2) is 3.88. The smallest absolute Gasteiger partial charge is 0.0573 e. The van der Waals surface area contributed by atoms with E-state index in [0.717, 1.165) is 12.5 Å². The normalized spacial score (nSPS) is 28.7. The van der Waals surface area contributed by atoms with Crippen LogP contribution < -0.4 is 5.32 Å². The van der Waals surface area contributed by atoms with Crippen molar-refractivity contribution in [3.63, 3.8) is 0 Å². The second-order valence-electron chi connectivity index (χ2n) is 3.90. The zero-order valence-corrected chi connectivity index (χ0v) is 8.03. The van der Waals surface area contributed by atoms with Crippen LogP contribution in [0, 0.1) is 5.92 Å². The summed E-state index contributed by atoms with van der Waals surface area (Å²) in [5.74, 6) is 0.819. The fourth-order valence-corrected chi connectivity index (χ4v) is 1.83. The Balaban J connectivity index is 2.03. The monoisotopic (exact) mass is 176 g/mol. The zero-order valence-electron chi connectivity index (χ0n) is 8.03. The predicted molar refractivity (Wildman–Crippen MR) is 53.4 cm³/mol. The Morgan fingerprint density at radius 3 is 2.92 bits per heavy atom. The summed E-state index contributed by atoms with van der Waals surface area (Å²) in [6.45, 7) is 3.42. The van der Waals surface area contributed by atoms with Crippen molar-refractivity contribution in [2.45, 2.75) is 25.8 Å². The summed E-state index contributed by atoms with van der Waals surface area (Å²) < 4.78 is 0. The number of hydrogen-bond acceptors (Lipinski definition) is 2. The van der Waals surface area contributed by atoms with Crippen LogP contribution in [0.15, 0.2) is 24.4 Å². The Morgan fingerprint density at radius 1 is 1.38 bits per heavy atom. The highest BCUT2D eigenvalue weighted by Crippen LogP contribution is 2.23. The molecule has 0 radical (unpaired) electrons. The molecule has 1 aliphatic rings. The molecular weight excluding hydrogens is 160 g/mol. The lowest BCUT2D eigenvalue weighted by atomic mass is 9.94. The molecule has 0 bridgehead atoms. The van der Waals surface area contributed by atoms with Crippen molar-refractivity contribution in [2.24, 2.45) is 5.92 Å². The van der Waals surface area contributed by atoms with Crippen LogP contribution in [0.25, 0.3) is 0 Å². The van der Waals surface area contributed by atoms with Crippen LogP contribution in [0.1, 0.15) is 31.5 Å². The molecule has 1 aliphatic heterocycles. The number of hydrogen-bond donors (Lipinski definition) is 1. The molecule has 2 rings (SSSR count). The summed E-state index contributed by atoms with van der Waals surface area (Å²) in [5, 5.41) is 3.52. The standard InChI is InChI=1S/C11H16N2/c1-9-5-6-11(13-8-9)10-4-2-3-7-12-10/h2-4,7,9,11,13H,5-6,8H2,1H3. The number of nitrogens with zero attached hydrogens (tertiary/aromatic N) is 1. The van der Waals surface area contributed by atoms with Gasteiger partial charge >= 0.3 is 0 Å². The molecule has 2 atom stereocenters. The molecule has 1 fully saturated rings. The summed E-state index contributed by atoms with van der Waals surface area (Å²) in [6, 6.07) is 6.61. The third-order valence-corrected chi connectivity index (χ3v) is 2.71. The predicted octanol–water partition coefficient (Wildman–Crippen LogP) is 2.14. The number of pyridine rings is 1. The molecule has 1 aromatic rings. The molecular formula is C11H16N2. The fourth-order valence-electron chi connectivity index (χ4n) is 1.83. The molecule has 70 valence electrons. The van der Waals surface area contributed by atoms with Crippen LogP contribution in [0.3, 0.4) is 0 Å². The van der Waals surface area contributed by atoms with Crippen LogP contribution in [-0.2, 0) is 0 Å². The van der Waals surface area contributed by atoms with Gasteiger partial charge in [-0.05, 0) is 37.4 Å². The van der Waals surface area contributed by atoms with Crippen LogP contribution in [-0.4, -0.2) is 11.5 Å². The molecule has 2 heteroatoms. The van der Waals surface area contributed by atoms with E-state index in [1.54, 1.807) is 0 Å². The lowest BCUT2D eigenvalue weighted by Crippen LogP contribution is -2.32. The molecule has 13 heavy (non-hydrogen) atoms. The quantitative estimate of drug-likeness (QED) is 0.709. The third-order valence-electron chi connectivity index (χ3n) is 2.71. The largest absolute Gasteiger partial charge is 0.308 e. The van der Waals surface area contributed by atoms with E-state index in [-0.39, 0.29) is 0 Å². The minimum absolute atomic E-state index is 0.484. The lowest BCUT2D eigenvalue weighted by molar-refractivity contribution is 0.328. The highest BCUT2D eigenvalue weighted by atomic mass is 15.0. The van der Waals surface area contributed by atoms with Crippen LogP contribution in [0.2, 0.25) is 0 Å². The maximum absolute atomic E-state index is 4.36. The topological polar surface area (TPSA) is 24.9 Å². The number of nitrogens with one attached hydrogen (secondary N) is 1. The van der Waals surface area contributed by atoms with Gasteiger partial charge in [-0.2, -0.15) is 0 Å². The van der Waals surface area contributed by atoms with Gasteiger partial charge in [0.25, 0.3) is 0 Å². The van der Waals surface area contributed by atoms with Gasteiger partial charge < -0.3 is 5.32 Å². The second-order valence-corrected chi connectivity index (χ2v) is 3.90. The molecule has 2 unspecified atom stereocenters. The molecule has 2 nitrogen and oxygen atoms in total. The van der Waals surface area contributed by atoms with Crippen LogP contribution in [0.5, 0.6) is 0 Å². The first kappa shape index (κ1) is 8.70. The van der Waals surface area contributed by atoms with E-state index < -0.39 is 0 Å². The van der Waals surface area contributed by atoms with Crippen molar-refractivity contribution >= 4 is 0 Å². The first-order chi connectivity index (χ1) is 6.36. The Hall–Kier alpha value is -0.890. The minimum Gasteiger partial charge on any atom is -0.308 e. The van der Waals surface area contributed by atoms with E-state index in [0.29, 0.717) is 6.04 Å². The molecule has 0 saturated carbocycles. The molecule has 2 heterocycles. The summed E-state index contributed by atoms with van der Waals surface area (Å²) in [7, 11) is 0. The Labute approximate surface area is 79.4 Å². The van der Waals surface area contributed by atoms with Gasteiger partial charge in [-0.15, -0.1) is 0 Å². The third kappa shape index (κ3) is 2.07. The van der Waals surface area contributed by atoms with Crippen molar-refractivity contribution in [3.8, 4) is 0 Å². The van der Waals surface area contributed by atoms with Gasteiger partial charge in [0, 0.05) is 12.2 Å². The first-order valence-electron chi connectivity index (χ1n) is 5.00. The number of piperidine rings is 1. The van der Waals surface area contributed by atoms with Gasteiger partial charge in [0.2, 0.25) is 0 Å². The van der Waals surface area contributed by atoms with Crippen molar-refractivity contribution in [3.05, 3.63) is 30.1 Å². The Kier molecular flexibility index (Phi) is 2.60. The van der Waals surface area contributed by atoms with E-state index in [2.05, 4.69) is 29.4 Å². The highest BCUT2D eigenvalue weighted by Gasteiger charge is 2.19. The summed E-state index contributed by atoms with van der Waals surface area (Å²) >= 11 is 0. The van der Waals surface area contributed by atoms with Gasteiger partial charge in [-0.25, -0.2) is 0 Å². The van der Waals surface area contributed by atoms with Crippen LogP contribution >= 0.6 is 0 Å². The average Bonchev–Trinajstić information content (AvgIpc) is 2.20. The zero-order chi connectivity index (χ0) is 9.10. The molecule has 1 aromatic heterocycles. The van der Waals surface area contributed by atoms with Crippen molar-refractivity contribution < 1.29 is 0 Å². The van der Waals surface area contributed by atoms with Gasteiger partial charge in [0.1, 0.15) is 0 Å². The van der Waals surface area contributed by atoms with E-state index in [4.69, 9.17) is 0 Å². The van der Waals surface area contributed by atoms with Crippen molar-refractivity contribution in [1.29, 1.82) is 0 Å². The van der Waals surface area contributed by atoms with Crippen LogP contribution in [0.4, 0.5) is 0 Å². The molecule has 0 aromatic carbocycles. The first-order valence-corrected chi connectivity index (χ1v) is 5.00. The average molecular weight is 176 g/mol. The maximum atomic E-state index is 4.36. The Bertz CT molecular complexity index is 250. The molecule has 1 N–H and O–H groups in total. The van der Waals surface area contributed by atoms with Gasteiger partial charge in [-0.3, -0.25) is 4.98 Å². The molecule has 1 saturated heterocycles. The number of rotatable bonds is 1. The minimum atomic E-state index is 0.484. The van der Waals surface area contributed by atoms with Gasteiger partial charge in [0.05, 0.1) is 5.69 Å². The van der Waals surface area contributed by atoms with E-state index in [9.17, 15) is 0 Å². The van der Waals surface area contributed by atoms with Crippen molar-refractivity contribution in [1.82, 2.24) is 10.3 Å². The summed E-state index contributed by atoms with van der Waals surface area (Å²) in [5.41, 5.74) is 1.19.